The highest BCUT2D eigenvalue weighted by atomic mass is 79.9. The monoisotopic (exact) mass is 312 g/mol. The van der Waals surface area contributed by atoms with Gasteiger partial charge in [0.25, 0.3) is 5.56 Å². The maximum Gasteiger partial charge on any atom is 0.328 e. The van der Waals surface area contributed by atoms with E-state index in [0.717, 1.165) is 10.1 Å². The number of hydrogen-bond donors (Lipinski definition) is 1. The van der Waals surface area contributed by atoms with E-state index < -0.39 is 11.2 Å². The van der Waals surface area contributed by atoms with Crippen molar-refractivity contribution in [3.63, 3.8) is 0 Å². The van der Waals surface area contributed by atoms with Gasteiger partial charge in [0.15, 0.2) is 0 Å². The standard InChI is InChI=1S/C12H10BrFN2O2/c1-7-4-9(14)3-2-8(7)6-16-11(17)10(13)5-15-12(16)18/h2-5H,6H2,1H3,(H,15,18). The summed E-state index contributed by atoms with van der Waals surface area (Å²) in [6.07, 6.45) is 1.30. The van der Waals surface area contributed by atoms with E-state index in [-0.39, 0.29) is 16.8 Å². The van der Waals surface area contributed by atoms with Crippen LogP contribution in [0.3, 0.4) is 0 Å². The van der Waals surface area contributed by atoms with Crippen molar-refractivity contribution in [2.45, 2.75) is 13.5 Å². The molecular weight excluding hydrogens is 303 g/mol. The maximum atomic E-state index is 13.0. The number of rotatable bonds is 2. The van der Waals surface area contributed by atoms with E-state index in [1.165, 1.54) is 18.3 Å². The summed E-state index contributed by atoms with van der Waals surface area (Å²) in [5.74, 6) is -0.341. The van der Waals surface area contributed by atoms with Crippen LogP contribution in [-0.2, 0) is 6.54 Å². The quantitative estimate of drug-likeness (QED) is 0.919. The second-order valence-electron chi connectivity index (χ2n) is 3.90. The number of H-pyrrole nitrogens is 1. The molecule has 0 saturated heterocycles. The molecule has 1 N–H and O–H groups in total. The number of nitrogens with one attached hydrogen (secondary N) is 1. The molecule has 0 aliphatic carbocycles. The Labute approximate surface area is 110 Å². The molecule has 0 saturated carbocycles. The first-order valence-corrected chi connectivity index (χ1v) is 6.01. The fraction of sp³-hybridized carbons (Fsp3) is 0.167. The highest BCUT2D eigenvalue weighted by Crippen LogP contribution is 2.10. The number of aromatic nitrogens is 2. The van der Waals surface area contributed by atoms with Gasteiger partial charge in [0.05, 0.1) is 11.0 Å². The summed E-state index contributed by atoms with van der Waals surface area (Å²) in [4.78, 5) is 25.8. The number of hydrogen-bond acceptors (Lipinski definition) is 2. The SMILES string of the molecule is Cc1cc(F)ccc1Cn1c(=O)[nH]cc(Br)c1=O. The molecule has 1 heterocycles. The zero-order valence-electron chi connectivity index (χ0n) is 9.54. The van der Waals surface area contributed by atoms with Gasteiger partial charge in [0, 0.05) is 6.20 Å². The summed E-state index contributed by atoms with van der Waals surface area (Å²) >= 11 is 3.06. The van der Waals surface area contributed by atoms with Crippen molar-refractivity contribution in [2.75, 3.05) is 0 Å². The van der Waals surface area contributed by atoms with Gasteiger partial charge in [-0.25, -0.2) is 9.18 Å². The molecule has 0 atom stereocenters. The molecule has 1 aromatic heterocycles. The third-order valence-electron chi connectivity index (χ3n) is 2.65. The van der Waals surface area contributed by atoms with Gasteiger partial charge in [-0.2, -0.15) is 0 Å². The van der Waals surface area contributed by atoms with Crippen molar-refractivity contribution in [3.8, 4) is 0 Å². The van der Waals surface area contributed by atoms with Crippen LogP contribution in [0.25, 0.3) is 0 Å². The third-order valence-corrected chi connectivity index (χ3v) is 3.22. The molecule has 6 heteroatoms. The molecule has 2 aromatic rings. The Morgan fingerprint density at radius 1 is 1.39 bits per heavy atom. The first kappa shape index (κ1) is 12.8. The van der Waals surface area contributed by atoms with Crippen LogP contribution >= 0.6 is 15.9 Å². The molecule has 2 rings (SSSR count). The van der Waals surface area contributed by atoms with Crippen LogP contribution in [0.5, 0.6) is 0 Å². The summed E-state index contributed by atoms with van der Waals surface area (Å²) in [6.45, 7) is 1.84. The third kappa shape index (κ3) is 2.43. The molecule has 18 heavy (non-hydrogen) atoms. The van der Waals surface area contributed by atoms with E-state index in [9.17, 15) is 14.0 Å². The fourth-order valence-corrected chi connectivity index (χ4v) is 1.97. The number of halogens is 2. The van der Waals surface area contributed by atoms with Crippen LogP contribution < -0.4 is 11.2 Å². The topological polar surface area (TPSA) is 54.9 Å². The number of aryl methyl sites for hydroxylation is 1. The van der Waals surface area contributed by atoms with Crippen molar-refractivity contribution in [1.29, 1.82) is 0 Å². The average molecular weight is 313 g/mol. The summed E-state index contributed by atoms with van der Waals surface area (Å²) in [5.41, 5.74) is 0.512. The lowest BCUT2D eigenvalue weighted by molar-refractivity contribution is 0.623. The Bertz CT molecular complexity index is 706. The molecule has 1 aromatic carbocycles. The van der Waals surface area contributed by atoms with Gasteiger partial charge in [-0.1, -0.05) is 6.07 Å². The molecule has 0 bridgehead atoms. The predicted molar refractivity (Wildman–Crippen MR) is 69.3 cm³/mol. The summed E-state index contributed by atoms with van der Waals surface area (Å²) in [6, 6.07) is 4.24. The van der Waals surface area contributed by atoms with Gasteiger partial charge in [-0.15, -0.1) is 0 Å². The Balaban J connectivity index is 2.50. The van der Waals surface area contributed by atoms with Gasteiger partial charge in [-0.3, -0.25) is 9.36 Å². The minimum atomic E-state index is -0.494. The lowest BCUT2D eigenvalue weighted by atomic mass is 10.1. The molecule has 94 valence electrons. The Hall–Kier alpha value is -1.69. The van der Waals surface area contributed by atoms with Gasteiger partial charge in [0.1, 0.15) is 5.82 Å². The van der Waals surface area contributed by atoms with Crippen molar-refractivity contribution >= 4 is 15.9 Å². The molecular formula is C12H10BrFN2O2. The largest absolute Gasteiger partial charge is 0.328 e. The summed E-state index contributed by atoms with van der Waals surface area (Å²) in [5, 5.41) is 0. The Kier molecular flexibility index (Phi) is 3.47. The minimum Gasteiger partial charge on any atom is -0.313 e. The van der Waals surface area contributed by atoms with Crippen molar-refractivity contribution in [1.82, 2.24) is 9.55 Å². The first-order valence-electron chi connectivity index (χ1n) is 5.22. The van der Waals surface area contributed by atoms with Crippen LogP contribution in [0.4, 0.5) is 4.39 Å². The van der Waals surface area contributed by atoms with E-state index in [1.54, 1.807) is 13.0 Å². The van der Waals surface area contributed by atoms with E-state index in [1.807, 2.05) is 0 Å². The maximum absolute atomic E-state index is 13.0. The number of aromatic amines is 1. The number of benzene rings is 1. The van der Waals surface area contributed by atoms with Crippen LogP contribution in [0.2, 0.25) is 0 Å². The Morgan fingerprint density at radius 3 is 2.78 bits per heavy atom. The molecule has 0 aliphatic rings. The van der Waals surface area contributed by atoms with Crippen molar-refractivity contribution in [3.05, 3.63) is 66.7 Å². The summed E-state index contributed by atoms with van der Waals surface area (Å²) in [7, 11) is 0. The molecule has 4 nitrogen and oxygen atoms in total. The molecule has 0 unspecified atom stereocenters. The van der Waals surface area contributed by atoms with Gasteiger partial charge in [0.2, 0.25) is 0 Å². The lowest BCUT2D eigenvalue weighted by Crippen LogP contribution is -2.35. The minimum absolute atomic E-state index is 0.111. The fourth-order valence-electron chi connectivity index (χ4n) is 1.64. The Morgan fingerprint density at radius 2 is 2.11 bits per heavy atom. The van der Waals surface area contributed by atoms with E-state index >= 15 is 0 Å². The van der Waals surface area contributed by atoms with Crippen LogP contribution in [0.1, 0.15) is 11.1 Å². The van der Waals surface area contributed by atoms with Gasteiger partial charge in [-0.05, 0) is 46.1 Å². The van der Waals surface area contributed by atoms with Crippen LogP contribution in [0.15, 0.2) is 38.5 Å². The molecule has 0 spiro atoms. The van der Waals surface area contributed by atoms with E-state index in [0.29, 0.717) is 5.56 Å². The summed E-state index contributed by atoms with van der Waals surface area (Å²) < 4.78 is 14.3. The second-order valence-corrected chi connectivity index (χ2v) is 4.76. The highest BCUT2D eigenvalue weighted by Gasteiger charge is 2.08. The average Bonchev–Trinajstić information content (AvgIpc) is 2.32. The van der Waals surface area contributed by atoms with Gasteiger partial charge >= 0.3 is 5.69 Å². The molecule has 0 fully saturated rings. The molecule has 0 aliphatic heterocycles. The zero-order chi connectivity index (χ0) is 13.3. The molecule has 0 amide bonds. The second kappa shape index (κ2) is 4.89. The van der Waals surface area contributed by atoms with Gasteiger partial charge < -0.3 is 4.98 Å². The first-order chi connectivity index (χ1) is 8.49. The van der Waals surface area contributed by atoms with Crippen LogP contribution in [0, 0.1) is 12.7 Å². The van der Waals surface area contributed by atoms with Crippen LogP contribution in [-0.4, -0.2) is 9.55 Å². The van der Waals surface area contributed by atoms with E-state index in [4.69, 9.17) is 0 Å². The molecule has 0 radical (unpaired) electrons. The smallest absolute Gasteiger partial charge is 0.313 e. The predicted octanol–water partition coefficient (Wildman–Crippen LogP) is 1.79. The van der Waals surface area contributed by atoms with Crippen molar-refractivity contribution in [2.24, 2.45) is 0 Å². The number of nitrogens with zero attached hydrogens (tertiary/aromatic N) is 1. The highest BCUT2D eigenvalue weighted by molar-refractivity contribution is 9.10. The normalized spacial score (nSPS) is 10.6. The van der Waals surface area contributed by atoms with Crippen molar-refractivity contribution < 1.29 is 4.39 Å². The zero-order valence-corrected chi connectivity index (χ0v) is 11.1. The van der Waals surface area contributed by atoms with E-state index in [2.05, 4.69) is 20.9 Å². The lowest BCUT2D eigenvalue weighted by Gasteiger charge is -2.08.